The Kier molecular flexibility index (Phi) is 1.78. The number of likely N-dealkylation sites (N-methyl/N-ethyl adjacent to an activating group) is 1. The lowest BCUT2D eigenvalue weighted by atomic mass is 10.1. The fourth-order valence-corrected chi connectivity index (χ4v) is 1.32. The van der Waals surface area contributed by atoms with Crippen molar-refractivity contribution in [3.8, 4) is 0 Å². The molecule has 0 aliphatic carbocycles. The first-order chi connectivity index (χ1) is 9.54. The fraction of sp³-hybridized carbons (Fsp3) is 0.417. The van der Waals surface area contributed by atoms with Crippen molar-refractivity contribution in [1.82, 2.24) is 10.2 Å². The van der Waals surface area contributed by atoms with Crippen molar-refractivity contribution in [2.45, 2.75) is 13.7 Å². The van der Waals surface area contributed by atoms with Gasteiger partial charge in [0.05, 0.1) is 17.1 Å². The molecule has 0 saturated carbocycles. The third-order valence-corrected chi connectivity index (χ3v) is 2.20. The van der Waals surface area contributed by atoms with Crippen molar-refractivity contribution in [2.75, 3.05) is 21.1 Å². The summed E-state index contributed by atoms with van der Waals surface area (Å²) in [6.07, 6.45) is 4.84. The first kappa shape index (κ1) is 5.54. The SMILES string of the molecule is [2H]C([2H])([2H])C(=NC)C1=CC=C/C(=C(/NC)C([2H])([2H])[2H])N1C. The summed E-state index contributed by atoms with van der Waals surface area (Å²) in [6.45, 7) is -4.69. The van der Waals surface area contributed by atoms with E-state index in [1.165, 1.54) is 19.0 Å². The van der Waals surface area contributed by atoms with Crippen LogP contribution in [0.1, 0.15) is 21.9 Å². The summed E-state index contributed by atoms with van der Waals surface area (Å²) in [5.74, 6) is 0. The van der Waals surface area contributed by atoms with Gasteiger partial charge in [0, 0.05) is 35.1 Å². The highest BCUT2D eigenvalue weighted by Crippen LogP contribution is 2.20. The Balaban J connectivity index is 3.37. The zero-order chi connectivity index (χ0) is 16.4. The van der Waals surface area contributed by atoms with Crippen LogP contribution in [0.4, 0.5) is 0 Å². The normalized spacial score (nSPS) is 27.8. The molecule has 0 fully saturated rings. The zero-order valence-corrected chi connectivity index (χ0v) is 9.13. The molecule has 3 nitrogen and oxygen atoms in total. The van der Waals surface area contributed by atoms with Crippen LogP contribution >= 0.6 is 0 Å². The Labute approximate surface area is 100 Å². The van der Waals surface area contributed by atoms with E-state index in [9.17, 15) is 0 Å². The Morgan fingerprint density at radius 3 is 2.87 bits per heavy atom. The van der Waals surface area contributed by atoms with Gasteiger partial charge in [-0.2, -0.15) is 0 Å². The van der Waals surface area contributed by atoms with Crippen molar-refractivity contribution in [3.63, 3.8) is 0 Å². The third kappa shape index (κ3) is 2.29. The van der Waals surface area contributed by atoms with Crippen LogP contribution in [0.25, 0.3) is 0 Å². The van der Waals surface area contributed by atoms with E-state index in [2.05, 4.69) is 10.3 Å². The molecule has 1 rings (SSSR count). The molecule has 82 valence electrons. The average Bonchev–Trinajstić information content (AvgIpc) is 2.31. The molecule has 0 saturated heterocycles. The lowest BCUT2D eigenvalue weighted by Crippen LogP contribution is -2.25. The number of nitrogens with one attached hydrogen (secondary N) is 1. The maximum Gasteiger partial charge on any atom is 0.0619 e. The lowest BCUT2D eigenvalue weighted by Gasteiger charge is -2.27. The summed E-state index contributed by atoms with van der Waals surface area (Å²) in [4.78, 5) is 5.36. The predicted octanol–water partition coefficient (Wildman–Crippen LogP) is 1.91. The molecule has 1 aliphatic heterocycles. The fourth-order valence-electron chi connectivity index (χ4n) is 1.32. The van der Waals surface area contributed by atoms with Crippen LogP contribution in [0.3, 0.4) is 0 Å². The molecule has 0 atom stereocenters. The van der Waals surface area contributed by atoms with E-state index in [1.807, 2.05) is 0 Å². The molecule has 1 aliphatic rings. The largest absolute Gasteiger partial charge is 0.390 e. The van der Waals surface area contributed by atoms with Crippen molar-refractivity contribution >= 4 is 5.71 Å². The Morgan fingerprint density at radius 1 is 1.53 bits per heavy atom. The molecule has 1 heterocycles. The molecule has 0 aromatic heterocycles. The van der Waals surface area contributed by atoms with Gasteiger partial charge in [-0.05, 0) is 25.9 Å². The number of allylic oxidation sites excluding steroid dienone is 5. The molecule has 15 heavy (non-hydrogen) atoms. The Hall–Kier alpha value is -1.51. The minimum absolute atomic E-state index is 0.0489. The van der Waals surface area contributed by atoms with E-state index in [0.29, 0.717) is 11.4 Å². The quantitative estimate of drug-likeness (QED) is 0.707. The van der Waals surface area contributed by atoms with Gasteiger partial charge < -0.3 is 10.2 Å². The van der Waals surface area contributed by atoms with Gasteiger partial charge in [0.1, 0.15) is 0 Å². The summed E-state index contributed by atoms with van der Waals surface area (Å²) in [5.41, 5.74) is 0.730. The highest BCUT2D eigenvalue weighted by molar-refractivity contribution is 5.98. The third-order valence-electron chi connectivity index (χ3n) is 2.20. The van der Waals surface area contributed by atoms with Crippen LogP contribution < -0.4 is 5.32 Å². The highest BCUT2D eigenvalue weighted by atomic mass is 15.1. The van der Waals surface area contributed by atoms with Crippen LogP contribution in [0, 0.1) is 0 Å². The van der Waals surface area contributed by atoms with Gasteiger partial charge in [-0.25, -0.2) is 0 Å². The van der Waals surface area contributed by atoms with Gasteiger partial charge in [-0.1, -0.05) is 6.08 Å². The van der Waals surface area contributed by atoms with E-state index in [4.69, 9.17) is 8.22 Å². The number of rotatable bonds is 2. The van der Waals surface area contributed by atoms with Gasteiger partial charge in [-0.3, -0.25) is 4.99 Å². The van der Waals surface area contributed by atoms with Crippen LogP contribution in [0.15, 0.2) is 40.3 Å². The Bertz CT molecular complexity index is 522. The minimum atomic E-state index is -2.37. The number of nitrogens with zero attached hydrogens (tertiary/aromatic N) is 2. The molecule has 0 amide bonds. The van der Waals surface area contributed by atoms with E-state index < -0.39 is 13.7 Å². The maximum absolute atomic E-state index is 7.55. The molecule has 1 N–H and O–H groups in total. The van der Waals surface area contributed by atoms with Crippen LogP contribution in [-0.4, -0.2) is 31.8 Å². The Morgan fingerprint density at radius 2 is 2.33 bits per heavy atom. The molecule has 0 bridgehead atoms. The van der Waals surface area contributed by atoms with E-state index in [-0.39, 0.29) is 11.4 Å². The standard InChI is InChI=1S/C12H19N3/c1-9(13-3)11-7-6-8-12(15(11)5)10(2)14-4/h6-8,13H,1-5H3/b11-9-,14-10?/i1D3,2D3. The second-order valence-electron chi connectivity index (χ2n) is 3.05. The molecule has 0 radical (unpaired) electrons. The number of hydrogen-bond donors (Lipinski definition) is 1. The van der Waals surface area contributed by atoms with Crippen molar-refractivity contribution in [3.05, 3.63) is 35.3 Å². The smallest absolute Gasteiger partial charge is 0.0619 e. The molecular formula is C12H19N3. The number of aliphatic imine (C=N–C) groups is 1. The van der Waals surface area contributed by atoms with E-state index in [1.54, 1.807) is 25.3 Å². The van der Waals surface area contributed by atoms with Crippen molar-refractivity contribution in [1.29, 1.82) is 0 Å². The monoisotopic (exact) mass is 211 g/mol. The zero-order valence-electron chi connectivity index (χ0n) is 15.1. The summed E-state index contributed by atoms with van der Waals surface area (Å²) >= 11 is 0. The van der Waals surface area contributed by atoms with E-state index >= 15 is 0 Å². The molecule has 0 spiro atoms. The van der Waals surface area contributed by atoms with Crippen molar-refractivity contribution in [2.24, 2.45) is 4.99 Å². The first-order valence-electron chi connectivity index (χ1n) is 7.56. The summed E-state index contributed by atoms with van der Waals surface area (Å²) in [6, 6.07) is 0. The van der Waals surface area contributed by atoms with Crippen LogP contribution in [-0.2, 0) is 0 Å². The summed E-state index contributed by atoms with van der Waals surface area (Å²) < 4.78 is 45.2. The highest BCUT2D eigenvalue weighted by Gasteiger charge is 2.14. The maximum atomic E-state index is 7.55. The van der Waals surface area contributed by atoms with Crippen LogP contribution in [0.2, 0.25) is 0 Å². The number of hydrogen-bond acceptors (Lipinski definition) is 3. The van der Waals surface area contributed by atoms with E-state index in [0.717, 1.165) is 0 Å². The van der Waals surface area contributed by atoms with Gasteiger partial charge >= 0.3 is 0 Å². The minimum Gasteiger partial charge on any atom is -0.390 e. The second-order valence-corrected chi connectivity index (χ2v) is 3.05. The predicted molar refractivity (Wildman–Crippen MR) is 65.8 cm³/mol. The van der Waals surface area contributed by atoms with Crippen LogP contribution in [0.5, 0.6) is 0 Å². The van der Waals surface area contributed by atoms with Gasteiger partial charge in [-0.15, -0.1) is 0 Å². The topological polar surface area (TPSA) is 27.6 Å². The molecule has 0 aromatic carbocycles. The second kappa shape index (κ2) is 4.82. The van der Waals surface area contributed by atoms with Gasteiger partial charge in [0.15, 0.2) is 0 Å². The molecule has 0 unspecified atom stereocenters. The molecule has 3 heteroatoms. The van der Waals surface area contributed by atoms with Gasteiger partial charge in [0.25, 0.3) is 0 Å². The molecular weight excluding hydrogens is 186 g/mol. The lowest BCUT2D eigenvalue weighted by molar-refractivity contribution is 0.544. The van der Waals surface area contributed by atoms with Crippen molar-refractivity contribution < 1.29 is 8.22 Å². The summed E-state index contributed by atoms with van der Waals surface area (Å²) in [7, 11) is 4.54. The summed E-state index contributed by atoms with van der Waals surface area (Å²) in [5, 5.41) is 2.67. The average molecular weight is 211 g/mol. The van der Waals surface area contributed by atoms with Gasteiger partial charge in [0.2, 0.25) is 0 Å². The first-order valence-corrected chi connectivity index (χ1v) is 4.56. The molecule has 0 aromatic rings.